The van der Waals surface area contributed by atoms with Gasteiger partial charge in [-0.15, -0.1) is 0 Å². The number of esters is 2. The third kappa shape index (κ3) is 12.9. The molecular formula is C11H20O4. The zero-order chi connectivity index (χ0) is 11.5. The summed E-state index contributed by atoms with van der Waals surface area (Å²) in [6, 6.07) is 0. The lowest BCUT2D eigenvalue weighted by Gasteiger charge is -2.03. The molecule has 0 heterocycles. The second-order valence-electron chi connectivity index (χ2n) is 3.45. The van der Waals surface area contributed by atoms with E-state index in [0.29, 0.717) is 13.2 Å². The third-order valence-corrected chi connectivity index (χ3v) is 1.90. The average molecular weight is 216 g/mol. The topological polar surface area (TPSA) is 52.6 Å². The molecular weight excluding hydrogens is 196 g/mol. The minimum Gasteiger partial charge on any atom is -0.466 e. The highest BCUT2D eigenvalue weighted by Crippen LogP contribution is 2.03. The van der Waals surface area contributed by atoms with E-state index >= 15 is 0 Å². The minimum atomic E-state index is -0.218. The van der Waals surface area contributed by atoms with E-state index in [1.165, 1.54) is 13.8 Å². The Balaban J connectivity index is 2.99. The molecule has 0 radical (unpaired) electrons. The van der Waals surface area contributed by atoms with Crippen LogP contribution in [0.4, 0.5) is 0 Å². The average Bonchev–Trinajstić information content (AvgIpc) is 2.14. The van der Waals surface area contributed by atoms with E-state index in [1.807, 2.05) is 0 Å². The molecule has 0 fully saturated rings. The number of hydrogen-bond donors (Lipinski definition) is 0. The van der Waals surface area contributed by atoms with Crippen molar-refractivity contribution in [2.24, 2.45) is 0 Å². The Morgan fingerprint density at radius 3 is 1.40 bits per heavy atom. The van der Waals surface area contributed by atoms with E-state index in [0.717, 1.165) is 32.1 Å². The predicted octanol–water partition coefficient (Wildman–Crippen LogP) is 2.06. The predicted molar refractivity (Wildman–Crippen MR) is 56.4 cm³/mol. The van der Waals surface area contributed by atoms with Gasteiger partial charge in [-0.3, -0.25) is 9.59 Å². The second kappa shape index (κ2) is 9.49. The molecule has 0 N–H and O–H groups in total. The van der Waals surface area contributed by atoms with Gasteiger partial charge >= 0.3 is 11.9 Å². The van der Waals surface area contributed by atoms with E-state index in [-0.39, 0.29) is 11.9 Å². The highest BCUT2D eigenvalue weighted by atomic mass is 16.5. The van der Waals surface area contributed by atoms with Crippen LogP contribution in [-0.4, -0.2) is 25.2 Å². The summed E-state index contributed by atoms with van der Waals surface area (Å²) in [6.07, 6.45) is 5.00. The molecule has 0 rings (SSSR count). The third-order valence-electron chi connectivity index (χ3n) is 1.90. The number of unbranched alkanes of at least 4 members (excludes halogenated alkanes) is 4. The van der Waals surface area contributed by atoms with Gasteiger partial charge in [0.1, 0.15) is 0 Å². The molecule has 4 heteroatoms. The smallest absolute Gasteiger partial charge is 0.302 e. The van der Waals surface area contributed by atoms with Gasteiger partial charge in [0.25, 0.3) is 0 Å². The quantitative estimate of drug-likeness (QED) is 0.460. The Bertz CT molecular complexity index is 169. The maximum atomic E-state index is 10.4. The molecule has 0 aromatic carbocycles. The molecule has 0 aliphatic rings. The molecule has 15 heavy (non-hydrogen) atoms. The van der Waals surface area contributed by atoms with E-state index in [4.69, 9.17) is 9.47 Å². The molecule has 0 unspecified atom stereocenters. The first kappa shape index (κ1) is 13.9. The van der Waals surface area contributed by atoms with Crippen LogP contribution in [0.5, 0.6) is 0 Å². The Kier molecular flexibility index (Phi) is 8.82. The van der Waals surface area contributed by atoms with Crippen molar-refractivity contribution in [3.05, 3.63) is 0 Å². The van der Waals surface area contributed by atoms with E-state index in [9.17, 15) is 9.59 Å². The lowest BCUT2D eigenvalue weighted by molar-refractivity contribution is -0.141. The lowest BCUT2D eigenvalue weighted by atomic mass is 10.1. The van der Waals surface area contributed by atoms with Crippen LogP contribution >= 0.6 is 0 Å². The van der Waals surface area contributed by atoms with Crippen molar-refractivity contribution < 1.29 is 19.1 Å². The Morgan fingerprint density at radius 2 is 1.07 bits per heavy atom. The van der Waals surface area contributed by atoms with Crippen LogP contribution in [-0.2, 0) is 19.1 Å². The molecule has 0 aliphatic carbocycles. The summed E-state index contributed by atoms with van der Waals surface area (Å²) in [5.41, 5.74) is 0. The normalized spacial score (nSPS) is 9.73. The first-order chi connectivity index (χ1) is 7.13. The maximum absolute atomic E-state index is 10.4. The van der Waals surface area contributed by atoms with Gasteiger partial charge in [0, 0.05) is 13.8 Å². The largest absolute Gasteiger partial charge is 0.466 e. The van der Waals surface area contributed by atoms with Gasteiger partial charge in [-0.2, -0.15) is 0 Å². The van der Waals surface area contributed by atoms with Crippen molar-refractivity contribution in [1.29, 1.82) is 0 Å². The van der Waals surface area contributed by atoms with Gasteiger partial charge in [-0.05, 0) is 12.8 Å². The molecule has 0 aromatic heterocycles. The number of rotatable bonds is 8. The standard InChI is InChI=1S/C11H20O4/c1-10(12)14-8-6-4-3-5-7-9-15-11(2)13/h3-9H2,1-2H3. The van der Waals surface area contributed by atoms with Gasteiger partial charge in [0.15, 0.2) is 0 Å². The molecule has 0 amide bonds. The van der Waals surface area contributed by atoms with Crippen molar-refractivity contribution in [2.45, 2.75) is 46.0 Å². The number of hydrogen-bond acceptors (Lipinski definition) is 4. The van der Waals surface area contributed by atoms with Gasteiger partial charge in [0.05, 0.1) is 13.2 Å². The molecule has 0 saturated carbocycles. The van der Waals surface area contributed by atoms with Crippen molar-refractivity contribution in [3.8, 4) is 0 Å². The van der Waals surface area contributed by atoms with Crippen molar-refractivity contribution in [3.63, 3.8) is 0 Å². The second-order valence-corrected chi connectivity index (χ2v) is 3.45. The zero-order valence-electron chi connectivity index (χ0n) is 9.58. The highest BCUT2D eigenvalue weighted by molar-refractivity contribution is 5.66. The summed E-state index contributed by atoms with van der Waals surface area (Å²) in [5, 5.41) is 0. The van der Waals surface area contributed by atoms with E-state index in [1.54, 1.807) is 0 Å². The summed E-state index contributed by atoms with van der Waals surface area (Å²) in [6.45, 7) is 3.86. The van der Waals surface area contributed by atoms with Crippen LogP contribution in [0.15, 0.2) is 0 Å². The first-order valence-corrected chi connectivity index (χ1v) is 5.39. The summed E-state index contributed by atoms with van der Waals surface area (Å²) < 4.78 is 9.59. The maximum Gasteiger partial charge on any atom is 0.302 e. The van der Waals surface area contributed by atoms with Crippen molar-refractivity contribution >= 4 is 11.9 Å². The van der Waals surface area contributed by atoms with Crippen LogP contribution < -0.4 is 0 Å². The Labute approximate surface area is 90.9 Å². The lowest BCUT2D eigenvalue weighted by Crippen LogP contribution is -2.01. The monoisotopic (exact) mass is 216 g/mol. The summed E-state index contributed by atoms with van der Waals surface area (Å²) in [5.74, 6) is -0.435. The molecule has 0 aromatic rings. The fourth-order valence-corrected chi connectivity index (χ4v) is 1.17. The fourth-order valence-electron chi connectivity index (χ4n) is 1.17. The summed E-state index contributed by atoms with van der Waals surface area (Å²) in [4.78, 5) is 20.8. The molecule has 0 saturated heterocycles. The molecule has 0 aliphatic heterocycles. The van der Waals surface area contributed by atoms with Gasteiger partial charge in [-0.1, -0.05) is 19.3 Å². The van der Waals surface area contributed by atoms with Crippen molar-refractivity contribution in [2.75, 3.05) is 13.2 Å². The van der Waals surface area contributed by atoms with Gasteiger partial charge in [-0.25, -0.2) is 0 Å². The van der Waals surface area contributed by atoms with E-state index < -0.39 is 0 Å². The Hall–Kier alpha value is -1.06. The molecule has 0 bridgehead atoms. The first-order valence-electron chi connectivity index (χ1n) is 5.39. The summed E-state index contributed by atoms with van der Waals surface area (Å²) >= 11 is 0. The fraction of sp³-hybridized carbons (Fsp3) is 0.818. The molecule has 0 atom stereocenters. The van der Waals surface area contributed by atoms with Crippen LogP contribution in [0, 0.1) is 0 Å². The number of carbonyl (C=O) groups excluding carboxylic acids is 2. The molecule has 4 nitrogen and oxygen atoms in total. The number of carbonyl (C=O) groups is 2. The van der Waals surface area contributed by atoms with Crippen molar-refractivity contribution in [1.82, 2.24) is 0 Å². The number of ether oxygens (including phenoxy) is 2. The van der Waals surface area contributed by atoms with Crippen LogP contribution in [0.1, 0.15) is 46.0 Å². The summed E-state index contributed by atoms with van der Waals surface area (Å²) in [7, 11) is 0. The van der Waals surface area contributed by atoms with Gasteiger partial charge in [0.2, 0.25) is 0 Å². The minimum absolute atomic E-state index is 0.218. The highest BCUT2D eigenvalue weighted by Gasteiger charge is 1.95. The van der Waals surface area contributed by atoms with Crippen LogP contribution in [0.3, 0.4) is 0 Å². The molecule has 0 spiro atoms. The molecule has 88 valence electrons. The van der Waals surface area contributed by atoms with Gasteiger partial charge < -0.3 is 9.47 Å². The Morgan fingerprint density at radius 1 is 0.733 bits per heavy atom. The van der Waals surface area contributed by atoms with Crippen LogP contribution in [0.2, 0.25) is 0 Å². The van der Waals surface area contributed by atoms with Crippen LogP contribution in [0.25, 0.3) is 0 Å². The SMILES string of the molecule is CC(=O)OCCCCCCCOC(C)=O. The van der Waals surface area contributed by atoms with E-state index in [2.05, 4.69) is 0 Å². The zero-order valence-corrected chi connectivity index (χ0v) is 9.58.